The second-order valence-corrected chi connectivity index (χ2v) is 5.27. The van der Waals surface area contributed by atoms with Crippen molar-refractivity contribution < 1.29 is 15.1 Å². The Morgan fingerprint density at radius 1 is 1.40 bits per heavy atom. The van der Waals surface area contributed by atoms with E-state index in [1.165, 1.54) is 6.07 Å². The van der Waals surface area contributed by atoms with Crippen LogP contribution in [0.15, 0.2) is 18.2 Å². The molecule has 1 fully saturated rings. The minimum absolute atomic E-state index is 0.0307. The Hall–Kier alpha value is -1.66. The smallest absolute Gasteiger partial charge is 0.292 e. The van der Waals surface area contributed by atoms with Gasteiger partial charge in [-0.25, -0.2) is 0 Å². The van der Waals surface area contributed by atoms with Gasteiger partial charge in [-0.15, -0.1) is 0 Å². The van der Waals surface area contributed by atoms with Gasteiger partial charge in [-0.2, -0.15) is 0 Å². The first-order chi connectivity index (χ1) is 9.54. The molecule has 2 atom stereocenters. The van der Waals surface area contributed by atoms with Crippen LogP contribution in [0.1, 0.15) is 31.2 Å². The van der Waals surface area contributed by atoms with Crippen molar-refractivity contribution >= 4 is 11.4 Å². The molecule has 1 aliphatic rings. The van der Waals surface area contributed by atoms with Crippen LogP contribution in [0.4, 0.5) is 11.4 Å². The number of rotatable bonds is 4. The molecule has 0 saturated heterocycles. The van der Waals surface area contributed by atoms with Crippen molar-refractivity contribution in [1.29, 1.82) is 0 Å². The van der Waals surface area contributed by atoms with Crippen LogP contribution in [0.3, 0.4) is 0 Å². The van der Waals surface area contributed by atoms with Gasteiger partial charge in [0.05, 0.1) is 23.7 Å². The lowest BCUT2D eigenvalue weighted by molar-refractivity contribution is -0.384. The summed E-state index contributed by atoms with van der Waals surface area (Å²) in [6, 6.07) is 4.61. The maximum absolute atomic E-state index is 11.2. The average molecular weight is 280 g/mol. The lowest BCUT2D eigenvalue weighted by Crippen LogP contribution is -2.43. The summed E-state index contributed by atoms with van der Waals surface area (Å²) in [5, 5.41) is 30.4. The van der Waals surface area contributed by atoms with Crippen LogP contribution < -0.4 is 4.90 Å². The molecule has 0 radical (unpaired) electrons. The minimum Gasteiger partial charge on any atom is -0.392 e. The molecule has 1 aromatic carbocycles. The maximum Gasteiger partial charge on any atom is 0.292 e. The van der Waals surface area contributed by atoms with E-state index in [-0.39, 0.29) is 18.3 Å². The summed E-state index contributed by atoms with van der Waals surface area (Å²) >= 11 is 0. The molecule has 6 heteroatoms. The average Bonchev–Trinajstić information content (AvgIpc) is 2.46. The fourth-order valence-electron chi connectivity index (χ4n) is 2.83. The van der Waals surface area contributed by atoms with E-state index in [2.05, 4.69) is 0 Å². The van der Waals surface area contributed by atoms with Gasteiger partial charge in [0.25, 0.3) is 5.69 Å². The van der Waals surface area contributed by atoms with Crippen LogP contribution in [-0.4, -0.2) is 34.3 Å². The Balaban J connectivity index is 2.33. The highest BCUT2D eigenvalue weighted by molar-refractivity contribution is 5.64. The summed E-state index contributed by atoms with van der Waals surface area (Å²) in [5.41, 5.74) is 0.966. The number of anilines is 1. The molecule has 20 heavy (non-hydrogen) atoms. The topological polar surface area (TPSA) is 86.8 Å². The third-order valence-corrected chi connectivity index (χ3v) is 3.99. The molecular weight excluding hydrogens is 260 g/mol. The normalized spacial score (nSPS) is 22.6. The van der Waals surface area contributed by atoms with Crippen molar-refractivity contribution in [1.82, 2.24) is 0 Å². The second-order valence-electron chi connectivity index (χ2n) is 5.27. The van der Waals surface area contributed by atoms with E-state index in [9.17, 15) is 15.2 Å². The largest absolute Gasteiger partial charge is 0.392 e. The first kappa shape index (κ1) is 14.7. The van der Waals surface area contributed by atoms with Gasteiger partial charge in [0.15, 0.2) is 0 Å². The van der Waals surface area contributed by atoms with Crippen LogP contribution in [-0.2, 0) is 6.61 Å². The Kier molecular flexibility index (Phi) is 4.57. The molecule has 0 aliphatic heterocycles. The summed E-state index contributed by atoms with van der Waals surface area (Å²) < 4.78 is 0. The minimum atomic E-state index is -0.453. The first-order valence-corrected chi connectivity index (χ1v) is 6.83. The molecule has 0 amide bonds. The highest BCUT2D eigenvalue weighted by Crippen LogP contribution is 2.33. The second kappa shape index (κ2) is 6.19. The fraction of sp³-hybridized carbons (Fsp3) is 0.571. The summed E-state index contributed by atoms with van der Waals surface area (Å²) in [4.78, 5) is 12.5. The number of benzene rings is 1. The maximum atomic E-state index is 11.2. The number of likely N-dealkylation sites (N-methyl/N-ethyl adjacent to an activating group) is 1. The zero-order valence-corrected chi connectivity index (χ0v) is 11.5. The standard InChI is InChI=1S/C14H20N2O4/c1-15(12-4-2-3-5-14(12)18)11-7-6-10(9-17)8-13(11)16(19)20/h6-8,12,14,17-18H,2-5,9H2,1H3. The monoisotopic (exact) mass is 280 g/mol. The Morgan fingerprint density at radius 3 is 2.70 bits per heavy atom. The molecule has 2 rings (SSSR count). The number of nitro groups is 1. The quantitative estimate of drug-likeness (QED) is 0.649. The molecule has 1 saturated carbocycles. The van der Waals surface area contributed by atoms with Crippen molar-refractivity contribution in [2.45, 2.75) is 44.4 Å². The van der Waals surface area contributed by atoms with Crippen molar-refractivity contribution in [3.8, 4) is 0 Å². The molecule has 1 aromatic rings. The van der Waals surface area contributed by atoms with Crippen molar-refractivity contribution in [3.05, 3.63) is 33.9 Å². The molecule has 1 aliphatic carbocycles. The zero-order valence-electron chi connectivity index (χ0n) is 11.5. The van der Waals surface area contributed by atoms with Crippen LogP contribution in [0.25, 0.3) is 0 Å². The summed E-state index contributed by atoms with van der Waals surface area (Å²) in [6.07, 6.45) is 3.13. The molecular formula is C14H20N2O4. The first-order valence-electron chi connectivity index (χ1n) is 6.83. The Morgan fingerprint density at radius 2 is 2.10 bits per heavy atom. The van der Waals surface area contributed by atoms with E-state index in [0.29, 0.717) is 11.3 Å². The van der Waals surface area contributed by atoms with Gasteiger partial charge in [-0.05, 0) is 24.5 Å². The lowest BCUT2D eigenvalue weighted by Gasteiger charge is -2.36. The van der Waals surface area contributed by atoms with Gasteiger partial charge >= 0.3 is 0 Å². The zero-order chi connectivity index (χ0) is 14.7. The number of nitro benzene ring substituents is 1. The predicted molar refractivity (Wildman–Crippen MR) is 75.7 cm³/mol. The van der Waals surface area contributed by atoms with E-state index < -0.39 is 11.0 Å². The van der Waals surface area contributed by atoms with Crippen molar-refractivity contribution in [2.75, 3.05) is 11.9 Å². The number of aliphatic hydroxyl groups excluding tert-OH is 2. The fourth-order valence-corrected chi connectivity index (χ4v) is 2.83. The van der Waals surface area contributed by atoms with Crippen molar-refractivity contribution in [2.24, 2.45) is 0 Å². The number of aliphatic hydroxyl groups is 2. The van der Waals surface area contributed by atoms with Gasteiger partial charge < -0.3 is 15.1 Å². The number of hydrogen-bond acceptors (Lipinski definition) is 5. The summed E-state index contributed by atoms with van der Waals surface area (Å²) in [6.45, 7) is -0.225. The van der Waals surface area contributed by atoms with Gasteiger partial charge in [0.2, 0.25) is 0 Å². The van der Waals surface area contributed by atoms with E-state index >= 15 is 0 Å². The highest BCUT2D eigenvalue weighted by atomic mass is 16.6. The Labute approximate surface area is 117 Å². The van der Waals surface area contributed by atoms with E-state index in [1.807, 2.05) is 0 Å². The molecule has 0 spiro atoms. The predicted octanol–water partition coefficient (Wildman–Crippen LogP) is 1.83. The molecule has 2 N–H and O–H groups in total. The number of nitrogens with zero attached hydrogens (tertiary/aromatic N) is 2. The highest BCUT2D eigenvalue weighted by Gasteiger charge is 2.30. The third-order valence-electron chi connectivity index (χ3n) is 3.99. The molecule has 0 bridgehead atoms. The van der Waals surface area contributed by atoms with E-state index in [0.717, 1.165) is 25.7 Å². The summed E-state index contributed by atoms with van der Waals surface area (Å²) in [7, 11) is 1.78. The molecule has 0 aromatic heterocycles. The SMILES string of the molecule is CN(c1ccc(CO)cc1[N+](=O)[O-])C1CCCCC1O. The van der Waals surface area contributed by atoms with E-state index in [1.54, 1.807) is 24.1 Å². The molecule has 110 valence electrons. The lowest BCUT2D eigenvalue weighted by atomic mass is 9.91. The molecule has 6 nitrogen and oxygen atoms in total. The van der Waals surface area contributed by atoms with Gasteiger partial charge in [-0.1, -0.05) is 18.9 Å². The van der Waals surface area contributed by atoms with Crippen LogP contribution in [0, 0.1) is 10.1 Å². The van der Waals surface area contributed by atoms with Crippen LogP contribution in [0.2, 0.25) is 0 Å². The molecule has 0 heterocycles. The van der Waals surface area contributed by atoms with Crippen LogP contribution in [0.5, 0.6) is 0 Å². The summed E-state index contributed by atoms with van der Waals surface area (Å²) in [5.74, 6) is 0. The van der Waals surface area contributed by atoms with Crippen molar-refractivity contribution in [3.63, 3.8) is 0 Å². The van der Waals surface area contributed by atoms with E-state index in [4.69, 9.17) is 5.11 Å². The number of hydrogen-bond donors (Lipinski definition) is 2. The molecule has 2 unspecified atom stereocenters. The van der Waals surface area contributed by atoms with Gasteiger partial charge in [0.1, 0.15) is 5.69 Å². The Bertz CT molecular complexity index is 492. The van der Waals surface area contributed by atoms with Gasteiger partial charge in [-0.3, -0.25) is 10.1 Å². The third kappa shape index (κ3) is 2.91. The van der Waals surface area contributed by atoms with Gasteiger partial charge in [0, 0.05) is 13.1 Å². The van der Waals surface area contributed by atoms with Crippen LogP contribution >= 0.6 is 0 Å².